The maximum Gasteiger partial charge on any atom is 0.0969 e. The van der Waals surface area contributed by atoms with Gasteiger partial charge in [0.2, 0.25) is 0 Å². The average molecular weight is 409 g/mol. The van der Waals surface area contributed by atoms with Gasteiger partial charge in [-0.1, -0.05) is 91.0 Å². The molecule has 2 heteroatoms. The summed E-state index contributed by atoms with van der Waals surface area (Å²) >= 11 is 0. The molecule has 0 N–H and O–H groups in total. The van der Waals surface area contributed by atoms with Crippen LogP contribution in [0, 0.1) is 6.92 Å². The van der Waals surface area contributed by atoms with Gasteiger partial charge in [-0.2, -0.15) is 5.10 Å². The molecule has 0 spiro atoms. The number of fused-ring (bicyclic) bond motifs is 3. The Bertz CT molecular complexity index is 1710. The van der Waals surface area contributed by atoms with Crippen molar-refractivity contribution in [3.63, 3.8) is 0 Å². The van der Waals surface area contributed by atoms with Crippen LogP contribution in [0.3, 0.4) is 0 Å². The fourth-order valence-electron chi connectivity index (χ4n) is 5.25. The Morgan fingerprint density at radius 2 is 1.47 bits per heavy atom. The van der Waals surface area contributed by atoms with E-state index in [-0.39, 0.29) is 0 Å². The van der Waals surface area contributed by atoms with Gasteiger partial charge in [-0.25, -0.2) is 4.52 Å². The van der Waals surface area contributed by atoms with E-state index in [2.05, 4.69) is 115 Å². The second kappa shape index (κ2) is 6.41. The number of pyridine rings is 1. The van der Waals surface area contributed by atoms with Gasteiger partial charge in [0.15, 0.2) is 0 Å². The first kappa shape index (κ1) is 17.5. The highest BCUT2D eigenvalue weighted by atomic mass is 15.2. The second-order valence-corrected chi connectivity index (χ2v) is 8.53. The molecule has 7 rings (SSSR count). The summed E-state index contributed by atoms with van der Waals surface area (Å²) in [5.41, 5.74) is 9.50. The standard InChI is InChI=1S/C30H20N2/c1-19-29(26-17-23-14-7-12-21-13-8-16-25(26)28(21)23)31-32-27(20-9-3-2-4-10-20)18-22-11-5-6-15-24(22)30(19)32/h2-18H,1H3. The van der Waals surface area contributed by atoms with Gasteiger partial charge in [-0.15, -0.1) is 0 Å². The molecule has 1 aliphatic carbocycles. The highest BCUT2D eigenvalue weighted by Gasteiger charge is 2.24. The summed E-state index contributed by atoms with van der Waals surface area (Å²) in [5.74, 6) is 0. The minimum absolute atomic E-state index is 1.06. The molecule has 0 atom stereocenters. The molecule has 4 aromatic carbocycles. The van der Waals surface area contributed by atoms with E-state index in [1.807, 2.05) is 0 Å². The Morgan fingerprint density at radius 1 is 0.719 bits per heavy atom. The molecule has 2 heterocycles. The number of benzene rings is 4. The van der Waals surface area contributed by atoms with E-state index in [9.17, 15) is 0 Å². The molecule has 0 radical (unpaired) electrons. The number of aromatic nitrogens is 2. The zero-order chi connectivity index (χ0) is 21.2. The molecule has 0 unspecified atom stereocenters. The van der Waals surface area contributed by atoms with Crippen molar-refractivity contribution in [3.05, 3.63) is 119 Å². The van der Waals surface area contributed by atoms with Crippen LogP contribution in [0.15, 0.2) is 97.1 Å². The first-order chi connectivity index (χ1) is 15.8. The third kappa shape index (κ3) is 2.32. The zero-order valence-corrected chi connectivity index (χ0v) is 17.7. The summed E-state index contributed by atoms with van der Waals surface area (Å²) in [6.45, 7) is 2.21. The molecular formula is C30H20N2. The molecule has 32 heavy (non-hydrogen) atoms. The minimum Gasteiger partial charge on any atom is -0.232 e. The number of nitrogens with zero attached hydrogens (tertiary/aromatic N) is 2. The van der Waals surface area contributed by atoms with Crippen molar-refractivity contribution in [1.82, 2.24) is 9.61 Å². The van der Waals surface area contributed by atoms with Gasteiger partial charge in [0.25, 0.3) is 0 Å². The average Bonchev–Trinajstić information content (AvgIpc) is 3.39. The van der Waals surface area contributed by atoms with E-state index in [4.69, 9.17) is 5.10 Å². The molecule has 0 saturated carbocycles. The molecule has 2 aromatic heterocycles. The predicted molar refractivity (Wildman–Crippen MR) is 134 cm³/mol. The lowest BCUT2D eigenvalue weighted by Crippen LogP contribution is -1.96. The Hall–Kier alpha value is -4.17. The van der Waals surface area contributed by atoms with Crippen LogP contribution < -0.4 is 0 Å². The monoisotopic (exact) mass is 408 g/mol. The van der Waals surface area contributed by atoms with E-state index in [0.29, 0.717) is 0 Å². The summed E-state index contributed by atoms with van der Waals surface area (Å²) in [7, 11) is 0. The molecule has 0 aliphatic heterocycles. The van der Waals surface area contributed by atoms with Gasteiger partial charge in [0.05, 0.1) is 16.9 Å². The van der Waals surface area contributed by atoms with Crippen molar-refractivity contribution in [2.75, 3.05) is 0 Å². The maximum atomic E-state index is 5.24. The maximum absolute atomic E-state index is 5.24. The van der Waals surface area contributed by atoms with Gasteiger partial charge >= 0.3 is 0 Å². The minimum atomic E-state index is 1.06. The molecule has 150 valence electrons. The van der Waals surface area contributed by atoms with Crippen LogP contribution >= 0.6 is 0 Å². The Kier molecular flexibility index (Phi) is 3.51. The number of hydrogen-bond donors (Lipinski definition) is 0. The van der Waals surface area contributed by atoms with Crippen LogP contribution in [-0.2, 0) is 0 Å². The summed E-state index contributed by atoms with van der Waals surface area (Å²) in [6.07, 6.45) is 2.30. The van der Waals surface area contributed by atoms with Crippen LogP contribution in [0.1, 0.15) is 22.4 Å². The van der Waals surface area contributed by atoms with E-state index in [1.165, 1.54) is 54.9 Å². The van der Waals surface area contributed by atoms with Crippen molar-refractivity contribution < 1.29 is 0 Å². The lowest BCUT2D eigenvalue weighted by molar-refractivity contribution is 0.964. The van der Waals surface area contributed by atoms with Crippen molar-refractivity contribution in [2.45, 2.75) is 6.92 Å². The highest BCUT2D eigenvalue weighted by molar-refractivity contribution is 6.13. The molecule has 0 bridgehead atoms. The largest absolute Gasteiger partial charge is 0.232 e. The van der Waals surface area contributed by atoms with Crippen LogP contribution in [0.4, 0.5) is 0 Å². The van der Waals surface area contributed by atoms with Crippen LogP contribution in [0.5, 0.6) is 0 Å². The van der Waals surface area contributed by atoms with Crippen molar-refractivity contribution in [1.29, 1.82) is 0 Å². The summed E-state index contributed by atoms with van der Waals surface area (Å²) in [4.78, 5) is 0. The van der Waals surface area contributed by atoms with E-state index in [0.717, 1.165) is 11.4 Å². The first-order valence-corrected chi connectivity index (χ1v) is 11.0. The van der Waals surface area contributed by atoms with Gasteiger partial charge in [-0.3, -0.25) is 0 Å². The SMILES string of the molecule is Cc1c(C2=Cc3cccc4cccc2c34)nn2c(-c3ccccc3)cc3ccccc3c12. The van der Waals surface area contributed by atoms with Crippen molar-refractivity contribution in [2.24, 2.45) is 0 Å². The molecule has 0 amide bonds. The summed E-state index contributed by atoms with van der Waals surface area (Å²) in [6, 6.07) is 34.5. The number of hydrogen-bond acceptors (Lipinski definition) is 1. The molecule has 0 saturated heterocycles. The van der Waals surface area contributed by atoms with Crippen LogP contribution in [0.2, 0.25) is 0 Å². The van der Waals surface area contributed by atoms with Crippen molar-refractivity contribution in [3.8, 4) is 11.3 Å². The van der Waals surface area contributed by atoms with E-state index in [1.54, 1.807) is 0 Å². The molecule has 6 aromatic rings. The molecule has 0 fully saturated rings. The van der Waals surface area contributed by atoms with Crippen molar-refractivity contribution >= 4 is 38.7 Å². The smallest absolute Gasteiger partial charge is 0.0969 e. The Balaban J connectivity index is 1.58. The predicted octanol–water partition coefficient (Wildman–Crippen LogP) is 7.52. The van der Waals surface area contributed by atoms with Crippen LogP contribution in [-0.4, -0.2) is 9.61 Å². The second-order valence-electron chi connectivity index (χ2n) is 8.53. The molecule has 1 aliphatic rings. The Labute approximate surface area is 186 Å². The normalized spacial score (nSPS) is 12.7. The quantitative estimate of drug-likeness (QED) is 0.289. The summed E-state index contributed by atoms with van der Waals surface area (Å²) in [5, 5.41) is 10.3. The van der Waals surface area contributed by atoms with Gasteiger partial charge in [-0.05, 0) is 46.4 Å². The third-order valence-electron chi connectivity index (χ3n) is 6.71. The lowest BCUT2D eigenvalue weighted by atomic mass is 9.98. The third-order valence-corrected chi connectivity index (χ3v) is 6.71. The zero-order valence-electron chi connectivity index (χ0n) is 17.7. The Morgan fingerprint density at radius 3 is 2.34 bits per heavy atom. The fraction of sp³-hybridized carbons (Fsp3) is 0.0333. The molecular weight excluding hydrogens is 388 g/mol. The van der Waals surface area contributed by atoms with Gasteiger partial charge < -0.3 is 0 Å². The van der Waals surface area contributed by atoms with E-state index < -0.39 is 0 Å². The van der Waals surface area contributed by atoms with Gasteiger partial charge in [0.1, 0.15) is 0 Å². The number of rotatable bonds is 2. The lowest BCUT2D eigenvalue weighted by Gasteiger charge is -2.09. The summed E-state index contributed by atoms with van der Waals surface area (Å²) < 4.78 is 2.15. The van der Waals surface area contributed by atoms with Crippen LogP contribution in [0.25, 0.3) is 50.0 Å². The van der Waals surface area contributed by atoms with E-state index >= 15 is 0 Å². The highest BCUT2D eigenvalue weighted by Crippen LogP contribution is 2.42. The van der Waals surface area contributed by atoms with Gasteiger partial charge in [0, 0.05) is 22.1 Å². The fourth-order valence-corrected chi connectivity index (χ4v) is 5.25. The number of aryl methyl sites for hydroxylation is 1. The molecule has 2 nitrogen and oxygen atoms in total. The first-order valence-electron chi connectivity index (χ1n) is 11.0. The topological polar surface area (TPSA) is 17.3 Å².